The Kier molecular flexibility index (Phi) is 4.79. The van der Waals surface area contributed by atoms with E-state index in [9.17, 15) is 4.79 Å². The van der Waals surface area contributed by atoms with Gasteiger partial charge in [-0.1, -0.05) is 12.1 Å². The summed E-state index contributed by atoms with van der Waals surface area (Å²) in [6.45, 7) is 6.68. The number of Topliss-reactive ketones (excluding diaryl/α,β-unsaturated/α-hetero) is 1. The summed E-state index contributed by atoms with van der Waals surface area (Å²) in [7, 11) is 1.61. The van der Waals surface area contributed by atoms with Crippen LogP contribution >= 0.6 is 0 Å². The molecule has 130 valence electrons. The Hall–Kier alpha value is -2.75. The highest BCUT2D eigenvalue weighted by Crippen LogP contribution is 2.33. The van der Waals surface area contributed by atoms with Gasteiger partial charge in [0, 0.05) is 5.57 Å². The fourth-order valence-electron chi connectivity index (χ4n) is 3.07. The van der Waals surface area contributed by atoms with E-state index in [0.29, 0.717) is 35.0 Å². The van der Waals surface area contributed by atoms with Crippen LogP contribution in [0.4, 0.5) is 0 Å². The van der Waals surface area contributed by atoms with Crippen molar-refractivity contribution >= 4 is 11.9 Å². The third-order valence-electron chi connectivity index (χ3n) is 4.17. The van der Waals surface area contributed by atoms with Crippen molar-refractivity contribution < 1.29 is 19.0 Å². The number of carbonyl (C=O) groups excluding carboxylic acids is 1. The summed E-state index contributed by atoms with van der Waals surface area (Å²) in [5.41, 5.74) is 4.20. The van der Waals surface area contributed by atoms with Gasteiger partial charge in [-0.3, -0.25) is 4.79 Å². The van der Waals surface area contributed by atoms with E-state index in [1.54, 1.807) is 7.11 Å². The van der Waals surface area contributed by atoms with Crippen LogP contribution in [0.25, 0.3) is 6.08 Å². The maximum Gasteiger partial charge on any atom is 0.196 e. The largest absolute Gasteiger partial charge is 0.493 e. The molecule has 1 heterocycles. The average molecular weight is 338 g/mol. The van der Waals surface area contributed by atoms with Crippen molar-refractivity contribution in [3.05, 3.63) is 58.2 Å². The lowest BCUT2D eigenvalue weighted by atomic mass is 9.93. The van der Waals surface area contributed by atoms with Gasteiger partial charge in [0.15, 0.2) is 17.3 Å². The SMILES string of the molecule is CCOc1cc(/C=C2\COc3cc(C)cc(C)c3C2=O)ccc1OC. The molecule has 0 saturated heterocycles. The molecule has 0 N–H and O–H groups in total. The van der Waals surface area contributed by atoms with Gasteiger partial charge in [-0.25, -0.2) is 0 Å². The summed E-state index contributed by atoms with van der Waals surface area (Å²) < 4.78 is 16.7. The van der Waals surface area contributed by atoms with E-state index < -0.39 is 0 Å². The molecular formula is C21H22O4. The number of hydrogen-bond acceptors (Lipinski definition) is 4. The first-order valence-electron chi connectivity index (χ1n) is 8.33. The van der Waals surface area contributed by atoms with Crippen molar-refractivity contribution in [1.82, 2.24) is 0 Å². The highest BCUT2D eigenvalue weighted by molar-refractivity contribution is 6.14. The van der Waals surface area contributed by atoms with Crippen LogP contribution in [0.3, 0.4) is 0 Å². The van der Waals surface area contributed by atoms with E-state index in [4.69, 9.17) is 14.2 Å². The molecule has 1 aliphatic rings. The Balaban J connectivity index is 1.97. The molecule has 0 spiro atoms. The lowest BCUT2D eigenvalue weighted by molar-refractivity contribution is 0.1000. The Bertz CT molecular complexity index is 849. The summed E-state index contributed by atoms with van der Waals surface area (Å²) >= 11 is 0. The fraction of sp³-hybridized carbons (Fsp3) is 0.286. The van der Waals surface area contributed by atoms with Gasteiger partial charge in [0.05, 0.1) is 19.3 Å². The summed E-state index contributed by atoms with van der Waals surface area (Å²) in [6, 6.07) is 9.54. The molecule has 2 aromatic rings. The second-order valence-electron chi connectivity index (χ2n) is 6.09. The number of rotatable bonds is 4. The molecular weight excluding hydrogens is 316 g/mol. The van der Waals surface area contributed by atoms with Crippen molar-refractivity contribution in [2.24, 2.45) is 0 Å². The van der Waals surface area contributed by atoms with Gasteiger partial charge in [-0.2, -0.15) is 0 Å². The van der Waals surface area contributed by atoms with Crippen LogP contribution in [-0.4, -0.2) is 26.1 Å². The lowest BCUT2D eigenvalue weighted by Crippen LogP contribution is -2.20. The number of benzene rings is 2. The number of carbonyl (C=O) groups is 1. The van der Waals surface area contributed by atoms with Gasteiger partial charge in [-0.15, -0.1) is 0 Å². The summed E-state index contributed by atoms with van der Waals surface area (Å²) in [4.78, 5) is 12.9. The lowest BCUT2D eigenvalue weighted by Gasteiger charge is -2.21. The summed E-state index contributed by atoms with van der Waals surface area (Å²) in [6.07, 6.45) is 1.85. The Morgan fingerprint density at radius 2 is 1.96 bits per heavy atom. The molecule has 4 heteroatoms. The molecule has 0 amide bonds. The molecule has 25 heavy (non-hydrogen) atoms. The molecule has 1 aliphatic heterocycles. The molecule has 3 rings (SSSR count). The number of ketones is 1. The zero-order valence-corrected chi connectivity index (χ0v) is 15.0. The second kappa shape index (κ2) is 7.01. The topological polar surface area (TPSA) is 44.8 Å². The first-order chi connectivity index (χ1) is 12.0. The third-order valence-corrected chi connectivity index (χ3v) is 4.17. The molecule has 4 nitrogen and oxygen atoms in total. The minimum atomic E-state index is 0.0209. The smallest absolute Gasteiger partial charge is 0.196 e. The third kappa shape index (κ3) is 3.38. The van der Waals surface area contributed by atoms with Gasteiger partial charge in [-0.05, 0) is 61.7 Å². The predicted octanol–water partition coefficient (Wildman–Crippen LogP) is 4.37. The Morgan fingerprint density at radius 1 is 1.16 bits per heavy atom. The number of aryl methyl sites for hydroxylation is 2. The van der Waals surface area contributed by atoms with Gasteiger partial charge in [0.25, 0.3) is 0 Å². The van der Waals surface area contributed by atoms with Gasteiger partial charge in [0.2, 0.25) is 0 Å². The van der Waals surface area contributed by atoms with E-state index in [-0.39, 0.29) is 12.4 Å². The standard InChI is InChI=1S/C21H22O4/c1-5-24-18-11-15(6-7-17(18)23-4)10-16-12-25-19-9-13(2)8-14(3)20(19)21(16)22/h6-11H,5,12H2,1-4H3/b16-10+. The van der Waals surface area contributed by atoms with Crippen LogP contribution in [0, 0.1) is 13.8 Å². The van der Waals surface area contributed by atoms with E-state index in [0.717, 1.165) is 16.7 Å². The van der Waals surface area contributed by atoms with E-state index in [1.165, 1.54) is 0 Å². The van der Waals surface area contributed by atoms with E-state index in [2.05, 4.69) is 0 Å². The van der Waals surface area contributed by atoms with Crippen LogP contribution in [0.15, 0.2) is 35.9 Å². The Morgan fingerprint density at radius 3 is 2.68 bits per heavy atom. The first-order valence-corrected chi connectivity index (χ1v) is 8.33. The van der Waals surface area contributed by atoms with Crippen LogP contribution in [0.5, 0.6) is 17.2 Å². The molecule has 0 aromatic heterocycles. The number of ether oxygens (including phenoxy) is 3. The van der Waals surface area contributed by atoms with E-state index >= 15 is 0 Å². The molecule has 0 radical (unpaired) electrons. The van der Waals surface area contributed by atoms with E-state index in [1.807, 2.05) is 57.2 Å². The Labute approximate surface area is 148 Å². The summed E-state index contributed by atoms with van der Waals surface area (Å²) in [5, 5.41) is 0. The molecule has 0 atom stereocenters. The fourth-order valence-corrected chi connectivity index (χ4v) is 3.07. The molecule has 0 fully saturated rings. The zero-order valence-electron chi connectivity index (χ0n) is 15.0. The molecule has 0 unspecified atom stereocenters. The van der Waals surface area contributed by atoms with Crippen molar-refractivity contribution in [1.29, 1.82) is 0 Å². The van der Waals surface area contributed by atoms with Crippen LogP contribution in [0.2, 0.25) is 0 Å². The van der Waals surface area contributed by atoms with Gasteiger partial charge >= 0.3 is 0 Å². The minimum Gasteiger partial charge on any atom is -0.493 e. The van der Waals surface area contributed by atoms with Crippen LogP contribution in [0.1, 0.15) is 34.0 Å². The molecule has 2 aromatic carbocycles. The predicted molar refractivity (Wildman–Crippen MR) is 97.9 cm³/mol. The maximum atomic E-state index is 12.9. The number of methoxy groups -OCH3 is 1. The van der Waals surface area contributed by atoms with Gasteiger partial charge < -0.3 is 14.2 Å². The molecule has 0 bridgehead atoms. The van der Waals surface area contributed by atoms with Crippen LogP contribution < -0.4 is 14.2 Å². The van der Waals surface area contributed by atoms with Crippen LogP contribution in [-0.2, 0) is 0 Å². The minimum absolute atomic E-state index is 0.0209. The van der Waals surface area contributed by atoms with Crippen molar-refractivity contribution in [3.8, 4) is 17.2 Å². The van der Waals surface area contributed by atoms with Crippen molar-refractivity contribution in [3.63, 3.8) is 0 Å². The highest BCUT2D eigenvalue weighted by Gasteiger charge is 2.25. The number of hydrogen-bond donors (Lipinski definition) is 0. The quantitative estimate of drug-likeness (QED) is 0.777. The summed E-state index contributed by atoms with van der Waals surface area (Å²) in [5.74, 6) is 2.03. The zero-order chi connectivity index (χ0) is 18.0. The normalized spacial score (nSPS) is 14.9. The van der Waals surface area contributed by atoms with Gasteiger partial charge in [0.1, 0.15) is 12.4 Å². The second-order valence-corrected chi connectivity index (χ2v) is 6.09. The maximum absolute atomic E-state index is 12.9. The highest BCUT2D eigenvalue weighted by atomic mass is 16.5. The monoisotopic (exact) mass is 338 g/mol. The molecule has 0 aliphatic carbocycles. The molecule has 0 saturated carbocycles. The van der Waals surface area contributed by atoms with Crippen molar-refractivity contribution in [2.45, 2.75) is 20.8 Å². The average Bonchev–Trinajstić information content (AvgIpc) is 2.57. The first kappa shape index (κ1) is 17.1. The number of fused-ring (bicyclic) bond motifs is 1. The van der Waals surface area contributed by atoms with Crippen molar-refractivity contribution in [2.75, 3.05) is 20.3 Å².